The minimum absolute atomic E-state index is 0.430. The predicted molar refractivity (Wildman–Crippen MR) is 73.7 cm³/mol. The molecule has 0 spiro atoms. The zero-order valence-corrected chi connectivity index (χ0v) is 9.67. The molecule has 0 aliphatic rings. The maximum atomic E-state index is 5.63. The third-order valence-electron chi connectivity index (χ3n) is 2.62. The summed E-state index contributed by atoms with van der Waals surface area (Å²) in [7, 11) is 0. The largest absolute Gasteiger partial charge is 0.382 e. The fourth-order valence-corrected chi connectivity index (χ4v) is 1.79. The Labute approximate surface area is 104 Å². The zero-order chi connectivity index (χ0) is 12.4. The predicted octanol–water partition coefficient (Wildman–Crippen LogP) is 2.96. The van der Waals surface area contributed by atoms with Crippen molar-refractivity contribution in [1.82, 2.24) is 9.97 Å². The first-order valence-corrected chi connectivity index (χ1v) is 5.66. The van der Waals surface area contributed by atoms with E-state index in [4.69, 9.17) is 5.73 Å². The summed E-state index contributed by atoms with van der Waals surface area (Å²) in [6, 6.07) is 15.8. The van der Waals surface area contributed by atoms with E-state index < -0.39 is 0 Å². The van der Waals surface area contributed by atoms with Gasteiger partial charge in [-0.2, -0.15) is 0 Å². The molecule has 3 aromatic rings. The van der Waals surface area contributed by atoms with Gasteiger partial charge in [0.25, 0.3) is 0 Å². The lowest BCUT2D eigenvalue weighted by Crippen LogP contribution is -1.94. The molecule has 1 aromatic heterocycles. The molecule has 0 aliphatic heterocycles. The number of anilines is 3. The Kier molecular flexibility index (Phi) is 2.53. The molecule has 4 heteroatoms. The standard InChI is InChI=1S/C14H12N4/c15-14-9-16-12-7-6-11(8-13(12)18-14)17-10-4-2-1-3-5-10/h1-9,17H,(H2,15,18). The van der Waals surface area contributed by atoms with Crippen LogP contribution < -0.4 is 11.1 Å². The minimum Gasteiger partial charge on any atom is -0.382 e. The number of nitrogen functional groups attached to an aromatic ring is 1. The summed E-state index contributed by atoms with van der Waals surface area (Å²) in [6.45, 7) is 0. The molecule has 0 saturated heterocycles. The fraction of sp³-hybridized carbons (Fsp3) is 0. The van der Waals surface area contributed by atoms with Crippen LogP contribution in [0.15, 0.2) is 54.7 Å². The summed E-state index contributed by atoms with van der Waals surface area (Å²) in [4.78, 5) is 8.47. The summed E-state index contributed by atoms with van der Waals surface area (Å²) in [6.07, 6.45) is 1.56. The van der Waals surface area contributed by atoms with Crippen LogP contribution in [0.2, 0.25) is 0 Å². The smallest absolute Gasteiger partial charge is 0.142 e. The first-order chi connectivity index (χ1) is 8.81. The van der Waals surface area contributed by atoms with Gasteiger partial charge in [0.2, 0.25) is 0 Å². The molecule has 3 rings (SSSR count). The van der Waals surface area contributed by atoms with Crippen LogP contribution >= 0.6 is 0 Å². The minimum atomic E-state index is 0.430. The highest BCUT2D eigenvalue weighted by Crippen LogP contribution is 2.20. The second kappa shape index (κ2) is 4.33. The van der Waals surface area contributed by atoms with Gasteiger partial charge in [-0.25, -0.2) is 4.98 Å². The average Bonchev–Trinajstić information content (AvgIpc) is 2.39. The van der Waals surface area contributed by atoms with Crippen molar-refractivity contribution in [3.63, 3.8) is 0 Å². The number of rotatable bonds is 2. The number of nitrogens with two attached hydrogens (primary N) is 1. The lowest BCUT2D eigenvalue weighted by Gasteiger charge is -2.07. The van der Waals surface area contributed by atoms with Crippen LogP contribution in [0, 0.1) is 0 Å². The summed E-state index contributed by atoms with van der Waals surface area (Å²) >= 11 is 0. The maximum absolute atomic E-state index is 5.63. The van der Waals surface area contributed by atoms with E-state index >= 15 is 0 Å². The van der Waals surface area contributed by atoms with Gasteiger partial charge in [0.15, 0.2) is 0 Å². The van der Waals surface area contributed by atoms with Gasteiger partial charge in [0.1, 0.15) is 5.82 Å². The molecule has 0 unspecified atom stereocenters. The van der Waals surface area contributed by atoms with Crippen LogP contribution in [0.4, 0.5) is 17.2 Å². The van der Waals surface area contributed by atoms with Crippen molar-refractivity contribution < 1.29 is 0 Å². The Hall–Kier alpha value is -2.62. The molecule has 3 N–H and O–H groups in total. The topological polar surface area (TPSA) is 63.8 Å². The van der Waals surface area contributed by atoms with Crippen LogP contribution in [0.5, 0.6) is 0 Å². The van der Waals surface area contributed by atoms with E-state index in [-0.39, 0.29) is 0 Å². The monoisotopic (exact) mass is 236 g/mol. The third kappa shape index (κ3) is 2.08. The molecule has 1 heterocycles. The third-order valence-corrected chi connectivity index (χ3v) is 2.62. The molecule has 18 heavy (non-hydrogen) atoms. The van der Waals surface area contributed by atoms with Crippen molar-refractivity contribution in [3.05, 3.63) is 54.7 Å². The highest BCUT2D eigenvalue weighted by atomic mass is 14.9. The van der Waals surface area contributed by atoms with E-state index in [1.54, 1.807) is 6.20 Å². The number of hydrogen-bond acceptors (Lipinski definition) is 4. The molecule has 88 valence electrons. The van der Waals surface area contributed by atoms with Crippen molar-refractivity contribution in [2.75, 3.05) is 11.1 Å². The highest BCUT2D eigenvalue weighted by Gasteiger charge is 2.00. The van der Waals surface area contributed by atoms with E-state index in [1.165, 1.54) is 0 Å². The Morgan fingerprint density at radius 1 is 0.889 bits per heavy atom. The normalized spacial score (nSPS) is 10.4. The Morgan fingerprint density at radius 3 is 2.56 bits per heavy atom. The second-order valence-corrected chi connectivity index (χ2v) is 3.99. The van der Waals surface area contributed by atoms with Crippen LogP contribution in [-0.2, 0) is 0 Å². The molecule has 0 fully saturated rings. The summed E-state index contributed by atoms with van der Waals surface area (Å²) < 4.78 is 0. The Morgan fingerprint density at radius 2 is 1.72 bits per heavy atom. The van der Waals surface area contributed by atoms with Gasteiger partial charge >= 0.3 is 0 Å². The molecular formula is C14H12N4. The first-order valence-electron chi connectivity index (χ1n) is 5.66. The SMILES string of the molecule is Nc1cnc2ccc(Nc3ccccc3)cc2n1. The van der Waals surface area contributed by atoms with Gasteiger partial charge < -0.3 is 11.1 Å². The Bertz CT molecular complexity index is 680. The van der Waals surface area contributed by atoms with Gasteiger partial charge in [-0.05, 0) is 30.3 Å². The lowest BCUT2D eigenvalue weighted by molar-refractivity contribution is 1.30. The summed E-state index contributed by atoms with van der Waals surface area (Å²) in [5.74, 6) is 0.430. The summed E-state index contributed by atoms with van der Waals surface area (Å²) in [5, 5.41) is 3.31. The van der Waals surface area contributed by atoms with Crippen LogP contribution in [-0.4, -0.2) is 9.97 Å². The molecule has 0 aliphatic carbocycles. The summed E-state index contributed by atoms with van der Waals surface area (Å²) in [5.41, 5.74) is 9.26. The van der Waals surface area contributed by atoms with E-state index in [9.17, 15) is 0 Å². The molecule has 0 radical (unpaired) electrons. The van der Waals surface area contributed by atoms with Crippen LogP contribution in [0.1, 0.15) is 0 Å². The van der Waals surface area contributed by atoms with E-state index in [1.807, 2.05) is 48.5 Å². The van der Waals surface area contributed by atoms with Crippen LogP contribution in [0.25, 0.3) is 11.0 Å². The molecule has 2 aromatic carbocycles. The number of fused-ring (bicyclic) bond motifs is 1. The number of nitrogens with zero attached hydrogens (tertiary/aromatic N) is 2. The van der Waals surface area contributed by atoms with Crippen molar-refractivity contribution in [1.29, 1.82) is 0 Å². The molecule has 0 saturated carbocycles. The van der Waals surface area contributed by atoms with E-state index in [0.717, 1.165) is 22.4 Å². The number of para-hydroxylation sites is 1. The Balaban J connectivity index is 1.98. The van der Waals surface area contributed by atoms with Gasteiger partial charge in [0.05, 0.1) is 17.2 Å². The number of hydrogen-bond donors (Lipinski definition) is 2. The van der Waals surface area contributed by atoms with E-state index in [2.05, 4.69) is 15.3 Å². The maximum Gasteiger partial charge on any atom is 0.142 e. The second-order valence-electron chi connectivity index (χ2n) is 3.99. The quantitative estimate of drug-likeness (QED) is 0.718. The fourth-order valence-electron chi connectivity index (χ4n) is 1.79. The number of aromatic nitrogens is 2. The van der Waals surface area contributed by atoms with Gasteiger partial charge in [-0.1, -0.05) is 18.2 Å². The van der Waals surface area contributed by atoms with E-state index in [0.29, 0.717) is 5.82 Å². The highest BCUT2D eigenvalue weighted by molar-refractivity contribution is 5.80. The molecule has 4 nitrogen and oxygen atoms in total. The van der Waals surface area contributed by atoms with Gasteiger partial charge in [-0.3, -0.25) is 4.98 Å². The molecule has 0 bridgehead atoms. The molecule has 0 amide bonds. The number of nitrogens with one attached hydrogen (secondary N) is 1. The van der Waals surface area contributed by atoms with Crippen LogP contribution in [0.3, 0.4) is 0 Å². The van der Waals surface area contributed by atoms with Crippen molar-refractivity contribution in [2.45, 2.75) is 0 Å². The van der Waals surface area contributed by atoms with Crippen molar-refractivity contribution in [3.8, 4) is 0 Å². The van der Waals surface area contributed by atoms with Crippen molar-refractivity contribution in [2.24, 2.45) is 0 Å². The van der Waals surface area contributed by atoms with Gasteiger partial charge in [-0.15, -0.1) is 0 Å². The lowest BCUT2D eigenvalue weighted by atomic mass is 10.2. The molecular weight excluding hydrogens is 224 g/mol. The van der Waals surface area contributed by atoms with Crippen molar-refractivity contribution >= 4 is 28.2 Å². The molecule has 0 atom stereocenters. The number of benzene rings is 2. The first kappa shape index (κ1) is 10.5. The van der Waals surface area contributed by atoms with Gasteiger partial charge in [0, 0.05) is 11.4 Å². The average molecular weight is 236 g/mol. The zero-order valence-electron chi connectivity index (χ0n) is 9.67.